The first-order chi connectivity index (χ1) is 10.2. The Hall–Kier alpha value is -1.89. The second-order valence-electron chi connectivity index (χ2n) is 4.53. The van der Waals surface area contributed by atoms with Crippen molar-refractivity contribution in [1.29, 1.82) is 5.41 Å². The van der Waals surface area contributed by atoms with Crippen molar-refractivity contribution in [1.82, 2.24) is 0 Å². The van der Waals surface area contributed by atoms with E-state index in [1.165, 1.54) is 23.8 Å². The lowest BCUT2D eigenvalue weighted by Gasteiger charge is -2.00. The molecule has 1 N–H and O–H groups in total. The molecule has 0 radical (unpaired) electrons. The molecule has 21 heavy (non-hydrogen) atoms. The second-order valence-corrected chi connectivity index (χ2v) is 4.53. The molecule has 1 aliphatic carbocycles. The highest BCUT2D eigenvalue weighted by atomic mass is 14.3. The van der Waals surface area contributed by atoms with Gasteiger partial charge < -0.3 is 5.41 Å². The Kier molecular flexibility index (Phi) is 10.8. The van der Waals surface area contributed by atoms with Crippen LogP contribution >= 0.6 is 0 Å². The highest BCUT2D eigenvalue weighted by molar-refractivity contribution is 6.08. The van der Waals surface area contributed by atoms with Gasteiger partial charge in [0.15, 0.2) is 0 Å². The molecule has 0 heterocycles. The van der Waals surface area contributed by atoms with Crippen LogP contribution in [0.3, 0.4) is 0 Å². The maximum Gasteiger partial charge on any atom is 0.0253 e. The lowest BCUT2D eigenvalue weighted by Crippen LogP contribution is -1.84. The van der Waals surface area contributed by atoms with Gasteiger partial charge in [-0.3, -0.25) is 0 Å². The molecule has 0 saturated carbocycles. The molecule has 0 fully saturated rings. The van der Waals surface area contributed by atoms with Gasteiger partial charge in [0.2, 0.25) is 0 Å². The molecule has 0 aromatic heterocycles. The number of allylic oxidation sites excluding steroid dienone is 6. The first-order valence-corrected chi connectivity index (χ1v) is 7.80. The number of rotatable bonds is 3. The summed E-state index contributed by atoms with van der Waals surface area (Å²) >= 11 is 0. The quantitative estimate of drug-likeness (QED) is 0.624. The fourth-order valence-electron chi connectivity index (χ4n) is 1.85. The lowest BCUT2D eigenvalue weighted by molar-refractivity contribution is 1.15. The standard InChI is InChI=1S/C11H13N.C7H10.C2H6/c1-3-10(8-12)11-6-4-9(2)5-7-11;1-2-7-5-3-4-6-7;1-2/h3-8,12H,1-2H3;3,5-6H,2,4H2,1H3;1-2H3/b10-3+,12-8?;;. The van der Waals surface area contributed by atoms with Gasteiger partial charge >= 0.3 is 0 Å². The Balaban J connectivity index is 0.000000377. The Morgan fingerprint density at radius 3 is 2.14 bits per heavy atom. The maximum atomic E-state index is 7.16. The van der Waals surface area contributed by atoms with Crippen LogP contribution in [0.2, 0.25) is 0 Å². The fourth-order valence-corrected chi connectivity index (χ4v) is 1.85. The minimum absolute atomic E-state index is 0.968. The van der Waals surface area contributed by atoms with Crippen molar-refractivity contribution in [2.75, 3.05) is 0 Å². The SMILES string of the molecule is C/C=C(\C=N)c1ccc(C)cc1.CC.CCC1=CCC=C1. The van der Waals surface area contributed by atoms with Crippen LogP contribution in [-0.4, -0.2) is 6.21 Å². The average molecular weight is 283 g/mol. The predicted octanol–water partition coefficient (Wildman–Crippen LogP) is 6.36. The minimum Gasteiger partial charge on any atom is -0.308 e. The van der Waals surface area contributed by atoms with Crippen LogP contribution in [0.15, 0.2) is 54.1 Å². The van der Waals surface area contributed by atoms with E-state index in [1.807, 2.05) is 39.0 Å². The molecule has 0 unspecified atom stereocenters. The van der Waals surface area contributed by atoms with Crippen molar-refractivity contribution in [3.05, 3.63) is 65.3 Å². The summed E-state index contributed by atoms with van der Waals surface area (Å²) in [6, 6.07) is 8.19. The highest BCUT2D eigenvalue weighted by Crippen LogP contribution is 2.12. The Morgan fingerprint density at radius 1 is 1.19 bits per heavy atom. The van der Waals surface area contributed by atoms with Crippen LogP contribution in [0.5, 0.6) is 0 Å². The molecule has 0 aliphatic heterocycles. The number of benzene rings is 1. The summed E-state index contributed by atoms with van der Waals surface area (Å²) in [6.07, 6.45) is 12.3. The third-order valence-electron chi connectivity index (χ3n) is 3.11. The third-order valence-corrected chi connectivity index (χ3v) is 3.11. The third kappa shape index (κ3) is 7.45. The summed E-state index contributed by atoms with van der Waals surface area (Å²) < 4.78 is 0. The van der Waals surface area contributed by atoms with Gasteiger partial charge in [0.05, 0.1) is 0 Å². The Morgan fingerprint density at radius 2 is 1.81 bits per heavy atom. The van der Waals surface area contributed by atoms with Gasteiger partial charge in [-0.25, -0.2) is 0 Å². The van der Waals surface area contributed by atoms with E-state index in [0.29, 0.717) is 0 Å². The summed E-state index contributed by atoms with van der Waals surface area (Å²) in [5.74, 6) is 0. The van der Waals surface area contributed by atoms with E-state index in [4.69, 9.17) is 5.41 Å². The largest absolute Gasteiger partial charge is 0.308 e. The molecule has 1 aromatic carbocycles. The van der Waals surface area contributed by atoms with Crippen LogP contribution in [0, 0.1) is 12.3 Å². The number of hydrogen-bond donors (Lipinski definition) is 1. The summed E-state index contributed by atoms with van der Waals surface area (Å²) in [5, 5.41) is 7.16. The van der Waals surface area contributed by atoms with Gasteiger partial charge in [-0.05, 0) is 37.8 Å². The zero-order chi connectivity index (χ0) is 16.1. The number of nitrogens with one attached hydrogen (secondary N) is 1. The maximum absolute atomic E-state index is 7.16. The summed E-state index contributed by atoms with van der Waals surface area (Å²) in [4.78, 5) is 0. The highest BCUT2D eigenvalue weighted by Gasteiger charge is 1.94. The van der Waals surface area contributed by atoms with Gasteiger partial charge in [0.25, 0.3) is 0 Å². The van der Waals surface area contributed by atoms with Gasteiger partial charge in [0, 0.05) is 6.21 Å². The van der Waals surface area contributed by atoms with Gasteiger partial charge in [-0.2, -0.15) is 0 Å². The van der Waals surface area contributed by atoms with Gasteiger partial charge in [-0.15, -0.1) is 0 Å². The monoisotopic (exact) mass is 283 g/mol. The van der Waals surface area contributed by atoms with Crippen LogP contribution in [0.4, 0.5) is 0 Å². The van der Waals surface area contributed by atoms with E-state index >= 15 is 0 Å². The van der Waals surface area contributed by atoms with Gasteiger partial charge in [-0.1, -0.05) is 80.5 Å². The second kappa shape index (κ2) is 11.9. The molecule has 114 valence electrons. The molecule has 1 aromatic rings. The van der Waals surface area contributed by atoms with Crippen molar-refractivity contribution < 1.29 is 0 Å². The first kappa shape index (κ1) is 19.1. The molecule has 1 aliphatic rings. The van der Waals surface area contributed by atoms with E-state index in [9.17, 15) is 0 Å². The smallest absolute Gasteiger partial charge is 0.0253 e. The minimum atomic E-state index is 0.968. The molecule has 0 amide bonds. The summed E-state index contributed by atoms with van der Waals surface area (Å²) in [7, 11) is 0. The van der Waals surface area contributed by atoms with Crippen LogP contribution < -0.4 is 0 Å². The van der Waals surface area contributed by atoms with Crippen molar-refractivity contribution in [2.24, 2.45) is 0 Å². The van der Waals surface area contributed by atoms with Crippen LogP contribution in [0.25, 0.3) is 5.57 Å². The predicted molar refractivity (Wildman–Crippen MR) is 97.1 cm³/mol. The van der Waals surface area contributed by atoms with Crippen molar-refractivity contribution in [2.45, 2.75) is 47.5 Å². The first-order valence-electron chi connectivity index (χ1n) is 7.80. The van der Waals surface area contributed by atoms with Crippen molar-refractivity contribution in [3.63, 3.8) is 0 Å². The fraction of sp³-hybridized carbons (Fsp3) is 0.350. The molecule has 2 rings (SSSR count). The summed E-state index contributed by atoms with van der Waals surface area (Å²) in [6.45, 7) is 10.2. The summed E-state index contributed by atoms with van der Waals surface area (Å²) in [5.41, 5.74) is 4.81. The molecule has 0 atom stereocenters. The molecular weight excluding hydrogens is 254 g/mol. The van der Waals surface area contributed by atoms with E-state index in [0.717, 1.165) is 17.6 Å². The van der Waals surface area contributed by atoms with Crippen LogP contribution in [0.1, 0.15) is 51.7 Å². The molecular formula is C20H29N. The average Bonchev–Trinajstić information content (AvgIpc) is 3.06. The van der Waals surface area contributed by atoms with E-state index < -0.39 is 0 Å². The molecule has 0 bridgehead atoms. The van der Waals surface area contributed by atoms with Crippen molar-refractivity contribution >= 4 is 11.8 Å². The van der Waals surface area contributed by atoms with E-state index in [-0.39, 0.29) is 0 Å². The molecule has 1 heteroatoms. The van der Waals surface area contributed by atoms with Gasteiger partial charge in [0.1, 0.15) is 0 Å². The zero-order valence-corrected chi connectivity index (χ0v) is 14.1. The van der Waals surface area contributed by atoms with E-state index in [2.05, 4.69) is 44.2 Å². The molecule has 0 spiro atoms. The number of aryl methyl sites for hydroxylation is 1. The van der Waals surface area contributed by atoms with Crippen LogP contribution in [-0.2, 0) is 0 Å². The Labute approximate surface area is 130 Å². The normalized spacial score (nSPS) is 12.6. The molecule has 1 nitrogen and oxygen atoms in total. The van der Waals surface area contributed by atoms with Crippen molar-refractivity contribution in [3.8, 4) is 0 Å². The zero-order valence-electron chi connectivity index (χ0n) is 14.1. The number of hydrogen-bond acceptors (Lipinski definition) is 1. The topological polar surface area (TPSA) is 23.9 Å². The lowest BCUT2D eigenvalue weighted by atomic mass is 10.1. The van der Waals surface area contributed by atoms with E-state index in [1.54, 1.807) is 0 Å². The molecule has 0 saturated heterocycles. The Bertz CT molecular complexity index is 487.